The van der Waals surface area contributed by atoms with E-state index >= 15 is 0 Å². The first-order chi connectivity index (χ1) is 11.9. The third-order valence-corrected chi connectivity index (χ3v) is 5.69. The number of rotatable bonds is 2. The van der Waals surface area contributed by atoms with Gasteiger partial charge in [0, 0.05) is 57.9 Å². The monoisotopic (exact) mass is 346 g/mol. The molecule has 0 aromatic heterocycles. The van der Waals surface area contributed by atoms with Crippen LogP contribution in [0.25, 0.3) is 0 Å². The van der Waals surface area contributed by atoms with Crippen LogP contribution in [0.3, 0.4) is 0 Å². The molecule has 2 saturated heterocycles. The average Bonchev–Trinajstić information content (AvgIpc) is 2.62. The topological polar surface area (TPSA) is 47.1 Å². The summed E-state index contributed by atoms with van der Waals surface area (Å²) in [4.78, 5) is 34.0. The minimum absolute atomic E-state index is 0.0958. The van der Waals surface area contributed by atoms with E-state index < -0.39 is 5.41 Å². The van der Waals surface area contributed by atoms with Gasteiger partial charge in [-0.1, -0.05) is 18.2 Å². The molecule has 138 valence electrons. The molecule has 2 aliphatic heterocycles. The van der Waals surface area contributed by atoms with Gasteiger partial charge in [0.1, 0.15) is 0 Å². The number of allylic oxidation sites excluding steroid dienone is 1. The summed E-state index contributed by atoms with van der Waals surface area (Å²) in [6.45, 7) is 8.80. The standard InChI is InChI=1S/C19H30N4O2/c1-19(18(25)23-14-10-21(3)11-15-23)6-4-16(5-7-19)17(24)22-12-8-20(2)9-13-22/h4-6H,7-15H2,1-3H3. The van der Waals surface area contributed by atoms with Crippen molar-refractivity contribution < 1.29 is 9.59 Å². The third kappa shape index (κ3) is 3.96. The highest BCUT2D eigenvalue weighted by molar-refractivity contribution is 5.97. The van der Waals surface area contributed by atoms with Gasteiger partial charge in [-0.3, -0.25) is 9.59 Å². The molecule has 3 rings (SSSR count). The Morgan fingerprint density at radius 1 is 0.880 bits per heavy atom. The lowest BCUT2D eigenvalue weighted by atomic mass is 9.80. The zero-order chi connectivity index (χ0) is 18.0. The summed E-state index contributed by atoms with van der Waals surface area (Å²) in [5.74, 6) is 0.276. The maximum atomic E-state index is 12.9. The lowest BCUT2D eigenvalue weighted by Gasteiger charge is -2.38. The van der Waals surface area contributed by atoms with E-state index in [0.29, 0.717) is 6.42 Å². The summed E-state index contributed by atoms with van der Waals surface area (Å²) in [7, 11) is 4.17. The molecular formula is C19H30N4O2. The van der Waals surface area contributed by atoms with Crippen LogP contribution in [-0.4, -0.2) is 97.9 Å². The number of amides is 2. The Kier molecular flexibility index (Phi) is 5.29. The van der Waals surface area contributed by atoms with Crippen LogP contribution < -0.4 is 0 Å². The van der Waals surface area contributed by atoms with E-state index in [1.54, 1.807) is 0 Å². The second-order valence-corrected chi connectivity index (χ2v) is 7.81. The first kappa shape index (κ1) is 18.1. The molecule has 25 heavy (non-hydrogen) atoms. The first-order valence-electron chi connectivity index (χ1n) is 9.24. The molecule has 0 N–H and O–H groups in total. The Balaban J connectivity index is 1.60. The van der Waals surface area contributed by atoms with Crippen LogP contribution in [0, 0.1) is 5.41 Å². The molecule has 0 radical (unpaired) electrons. The molecule has 6 nitrogen and oxygen atoms in total. The zero-order valence-electron chi connectivity index (χ0n) is 15.7. The molecule has 3 aliphatic rings. The van der Waals surface area contributed by atoms with Crippen LogP contribution >= 0.6 is 0 Å². The molecule has 0 spiro atoms. The molecule has 1 atom stereocenters. The molecule has 2 heterocycles. The summed E-state index contributed by atoms with van der Waals surface area (Å²) < 4.78 is 0. The van der Waals surface area contributed by atoms with Crippen LogP contribution in [0.2, 0.25) is 0 Å². The van der Waals surface area contributed by atoms with E-state index in [9.17, 15) is 9.59 Å². The molecular weight excluding hydrogens is 316 g/mol. The van der Waals surface area contributed by atoms with Crippen molar-refractivity contribution in [3.8, 4) is 0 Å². The molecule has 0 aromatic carbocycles. The number of carbonyl (C=O) groups is 2. The van der Waals surface area contributed by atoms with Gasteiger partial charge in [-0.05, 0) is 27.4 Å². The maximum Gasteiger partial charge on any atom is 0.253 e. The van der Waals surface area contributed by atoms with E-state index in [2.05, 4.69) is 23.9 Å². The minimum atomic E-state index is -0.526. The fourth-order valence-corrected chi connectivity index (χ4v) is 3.61. The highest BCUT2D eigenvalue weighted by Gasteiger charge is 2.36. The summed E-state index contributed by atoms with van der Waals surface area (Å²) >= 11 is 0. The van der Waals surface area contributed by atoms with Crippen LogP contribution in [0.4, 0.5) is 0 Å². The number of hydrogen-bond donors (Lipinski definition) is 0. The quantitative estimate of drug-likeness (QED) is 0.727. The molecule has 0 bridgehead atoms. The normalized spacial score (nSPS) is 28.8. The second kappa shape index (κ2) is 7.30. The number of hydrogen-bond acceptors (Lipinski definition) is 4. The van der Waals surface area contributed by atoms with Gasteiger partial charge in [-0.15, -0.1) is 0 Å². The van der Waals surface area contributed by atoms with Gasteiger partial charge in [0.25, 0.3) is 5.91 Å². The molecule has 2 amide bonds. The van der Waals surface area contributed by atoms with Crippen LogP contribution in [0.5, 0.6) is 0 Å². The van der Waals surface area contributed by atoms with E-state index in [0.717, 1.165) is 57.9 Å². The Bertz CT molecular complexity index is 584. The maximum absolute atomic E-state index is 12.9. The minimum Gasteiger partial charge on any atom is -0.339 e. The van der Waals surface area contributed by atoms with Gasteiger partial charge < -0.3 is 19.6 Å². The zero-order valence-corrected chi connectivity index (χ0v) is 15.7. The van der Waals surface area contributed by atoms with E-state index in [-0.39, 0.29) is 11.8 Å². The van der Waals surface area contributed by atoms with Gasteiger partial charge >= 0.3 is 0 Å². The van der Waals surface area contributed by atoms with E-state index in [1.807, 2.05) is 35.0 Å². The van der Waals surface area contributed by atoms with Gasteiger partial charge in [0.2, 0.25) is 5.91 Å². The second-order valence-electron chi connectivity index (χ2n) is 7.81. The van der Waals surface area contributed by atoms with Crippen molar-refractivity contribution in [1.82, 2.24) is 19.6 Å². The molecule has 6 heteroatoms. The molecule has 2 fully saturated rings. The Morgan fingerprint density at radius 3 is 1.88 bits per heavy atom. The summed E-state index contributed by atoms with van der Waals surface area (Å²) in [5.41, 5.74) is 0.204. The molecule has 1 aliphatic carbocycles. The Morgan fingerprint density at radius 2 is 1.40 bits per heavy atom. The lowest BCUT2D eigenvalue weighted by Crippen LogP contribution is -2.51. The number of carbonyl (C=O) groups excluding carboxylic acids is 2. The van der Waals surface area contributed by atoms with Gasteiger partial charge in [0.05, 0.1) is 5.41 Å². The Hall–Kier alpha value is -1.66. The molecule has 0 saturated carbocycles. The van der Waals surface area contributed by atoms with Gasteiger partial charge in [0.15, 0.2) is 0 Å². The predicted molar refractivity (Wildman–Crippen MR) is 98.1 cm³/mol. The smallest absolute Gasteiger partial charge is 0.253 e. The molecule has 0 aromatic rings. The van der Waals surface area contributed by atoms with E-state index in [1.165, 1.54) is 0 Å². The van der Waals surface area contributed by atoms with Crippen LogP contribution in [-0.2, 0) is 9.59 Å². The number of nitrogens with zero attached hydrogens (tertiary/aromatic N) is 4. The van der Waals surface area contributed by atoms with Crippen molar-refractivity contribution in [3.05, 3.63) is 23.8 Å². The fourth-order valence-electron chi connectivity index (χ4n) is 3.61. The van der Waals surface area contributed by atoms with Gasteiger partial charge in [-0.25, -0.2) is 0 Å². The summed E-state index contributed by atoms with van der Waals surface area (Å²) in [5, 5.41) is 0. The van der Waals surface area contributed by atoms with E-state index in [4.69, 9.17) is 0 Å². The summed E-state index contributed by atoms with van der Waals surface area (Å²) in [6, 6.07) is 0. The highest BCUT2D eigenvalue weighted by Crippen LogP contribution is 2.32. The summed E-state index contributed by atoms with van der Waals surface area (Å²) in [6.07, 6.45) is 6.35. The van der Waals surface area contributed by atoms with Crippen molar-refractivity contribution in [1.29, 1.82) is 0 Å². The Labute approximate surface area is 150 Å². The third-order valence-electron chi connectivity index (χ3n) is 5.69. The largest absolute Gasteiger partial charge is 0.339 e. The van der Waals surface area contributed by atoms with Crippen molar-refractivity contribution in [2.24, 2.45) is 5.41 Å². The van der Waals surface area contributed by atoms with Crippen LogP contribution in [0.15, 0.2) is 23.8 Å². The predicted octanol–water partition coefficient (Wildman–Crippen LogP) is 0.427. The van der Waals surface area contributed by atoms with Crippen molar-refractivity contribution in [2.75, 3.05) is 66.5 Å². The highest BCUT2D eigenvalue weighted by atomic mass is 16.2. The fraction of sp³-hybridized carbons (Fsp3) is 0.684. The lowest BCUT2D eigenvalue weighted by molar-refractivity contribution is -0.140. The number of piperazine rings is 2. The number of likely N-dealkylation sites (N-methyl/N-ethyl adjacent to an activating group) is 2. The van der Waals surface area contributed by atoms with Crippen LogP contribution in [0.1, 0.15) is 13.3 Å². The average molecular weight is 346 g/mol. The van der Waals surface area contributed by atoms with Gasteiger partial charge in [-0.2, -0.15) is 0 Å². The first-order valence-corrected chi connectivity index (χ1v) is 9.24. The van der Waals surface area contributed by atoms with Crippen molar-refractivity contribution in [3.63, 3.8) is 0 Å². The SMILES string of the molecule is CN1CCN(C(=O)C2=CCC(C)(C(=O)N3CCN(C)CC3)C=C2)CC1. The molecule has 1 unspecified atom stereocenters. The van der Waals surface area contributed by atoms with Crippen molar-refractivity contribution in [2.45, 2.75) is 13.3 Å². The van der Waals surface area contributed by atoms with Crippen molar-refractivity contribution >= 4 is 11.8 Å².